The van der Waals surface area contributed by atoms with Crippen LogP contribution in [0.2, 0.25) is 0 Å². The molecule has 0 radical (unpaired) electrons. The van der Waals surface area contributed by atoms with Crippen molar-refractivity contribution in [1.82, 2.24) is 5.32 Å². The fraction of sp³-hybridized carbons (Fsp3) is 0.290. The summed E-state index contributed by atoms with van der Waals surface area (Å²) < 4.78 is 32.3. The van der Waals surface area contributed by atoms with Crippen LogP contribution in [0.1, 0.15) is 41.9 Å². The van der Waals surface area contributed by atoms with Crippen LogP contribution < -0.4 is 5.32 Å². The van der Waals surface area contributed by atoms with Gasteiger partial charge in [0.2, 0.25) is 0 Å². The van der Waals surface area contributed by atoms with E-state index in [1.807, 2.05) is 31.2 Å². The minimum Gasteiger partial charge on any atom is -0.461 e. The highest BCUT2D eigenvalue weighted by molar-refractivity contribution is 7.90. The molecule has 7 nitrogen and oxygen atoms in total. The van der Waals surface area contributed by atoms with E-state index in [4.69, 9.17) is 9.47 Å². The summed E-state index contributed by atoms with van der Waals surface area (Å²) in [6, 6.07) is 23.3. The number of benzene rings is 3. The molecule has 1 amide bonds. The summed E-state index contributed by atoms with van der Waals surface area (Å²) in [6.07, 6.45) is 3.98. The predicted octanol–water partition coefficient (Wildman–Crippen LogP) is 5.82. The molecule has 1 aliphatic carbocycles. The van der Waals surface area contributed by atoms with E-state index >= 15 is 0 Å². The van der Waals surface area contributed by atoms with Gasteiger partial charge in [-0.15, -0.1) is 0 Å². The van der Waals surface area contributed by atoms with E-state index in [-0.39, 0.29) is 18.5 Å². The van der Waals surface area contributed by atoms with E-state index in [0.717, 1.165) is 5.56 Å². The lowest BCUT2D eigenvalue weighted by Gasteiger charge is -2.14. The number of esters is 1. The third-order valence-corrected chi connectivity index (χ3v) is 7.36. The summed E-state index contributed by atoms with van der Waals surface area (Å²) in [7, 11) is -3.02. The number of unbranched alkanes of at least 4 members (excludes halogenated alkanes) is 1. The molecule has 0 saturated carbocycles. The molecule has 206 valence electrons. The van der Waals surface area contributed by atoms with Gasteiger partial charge < -0.3 is 14.8 Å². The molecule has 0 aliphatic heterocycles. The van der Waals surface area contributed by atoms with Gasteiger partial charge in [-0.25, -0.2) is 13.2 Å². The number of carbonyl (C=O) groups excluding carboxylic acids is 2. The normalized spacial score (nSPS) is 11.8. The molecule has 0 aromatic heterocycles. The molecule has 0 atom stereocenters. The zero-order valence-corrected chi connectivity index (χ0v) is 23.2. The maximum absolute atomic E-state index is 12.0. The van der Waals surface area contributed by atoms with Crippen LogP contribution in [0, 0.1) is 6.92 Å². The Bertz CT molecular complexity index is 1340. The van der Waals surface area contributed by atoms with Crippen molar-refractivity contribution in [3.63, 3.8) is 0 Å². The number of hydrogen-bond donors (Lipinski definition) is 1. The number of aryl methyl sites for hydroxylation is 1. The van der Waals surface area contributed by atoms with Gasteiger partial charge in [0.1, 0.15) is 13.2 Å². The molecule has 8 heteroatoms. The number of nitrogens with one attached hydrogen (secondary N) is 1. The standard InChI is InChI=1S/C23H25NO4.C8H10O2S/c1-2-15-27-22(25)13-7-8-14-24-23(26)28-16-21-19-11-5-3-9-17(19)18-10-4-6-12-20(18)21;1-7-3-5-8(6-4-7)11(2,9)10/h2-6,9-12,21H,1,7-8,13-16H2,(H,24,26);3-6H,1-2H3. The first-order valence-corrected chi connectivity index (χ1v) is 14.7. The molecule has 4 rings (SSSR count). The van der Waals surface area contributed by atoms with E-state index in [0.29, 0.717) is 37.3 Å². The summed E-state index contributed by atoms with van der Waals surface area (Å²) in [6.45, 7) is 6.41. The fourth-order valence-electron chi connectivity index (χ4n) is 4.24. The maximum Gasteiger partial charge on any atom is 0.407 e. The first-order valence-electron chi connectivity index (χ1n) is 12.8. The minimum absolute atomic E-state index is 0.0535. The quantitative estimate of drug-likeness (QED) is 0.194. The van der Waals surface area contributed by atoms with E-state index in [2.05, 4.69) is 36.2 Å². The monoisotopic (exact) mass is 549 g/mol. The van der Waals surface area contributed by atoms with Crippen LogP contribution in [0.25, 0.3) is 11.1 Å². The number of ether oxygens (including phenoxy) is 2. The Morgan fingerprint density at radius 3 is 2.05 bits per heavy atom. The fourth-order valence-corrected chi connectivity index (χ4v) is 4.87. The summed E-state index contributed by atoms with van der Waals surface area (Å²) in [5.74, 6) is -0.196. The molecule has 0 unspecified atom stereocenters. The van der Waals surface area contributed by atoms with Gasteiger partial charge in [-0.2, -0.15) is 0 Å². The summed E-state index contributed by atoms with van der Waals surface area (Å²) in [5.41, 5.74) is 5.85. The van der Waals surface area contributed by atoms with Crippen LogP contribution >= 0.6 is 0 Å². The summed E-state index contributed by atoms with van der Waals surface area (Å²) in [5, 5.41) is 2.74. The average molecular weight is 550 g/mol. The van der Waals surface area contributed by atoms with Gasteiger partial charge in [0, 0.05) is 25.1 Å². The molecule has 0 fully saturated rings. The van der Waals surface area contributed by atoms with Crippen LogP contribution in [0.3, 0.4) is 0 Å². The number of hydrogen-bond acceptors (Lipinski definition) is 6. The SMILES string of the molecule is C=CCOC(=O)CCCCNC(=O)OCC1c2ccccc2-c2ccccc21.Cc1ccc(S(C)(=O)=O)cc1. The molecule has 1 N–H and O–H groups in total. The van der Waals surface area contributed by atoms with Gasteiger partial charge in [-0.3, -0.25) is 4.79 Å². The Labute approximate surface area is 230 Å². The lowest BCUT2D eigenvalue weighted by molar-refractivity contribution is -0.142. The second-order valence-electron chi connectivity index (χ2n) is 9.27. The smallest absolute Gasteiger partial charge is 0.407 e. The van der Waals surface area contributed by atoms with Crippen LogP contribution in [-0.4, -0.2) is 46.5 Å². The highest BCUT2D eigenvalue weighted by atomic mass is 32.2. The van der Waals surface area contributed by atoms with E-state index in [1.165, 1.54) is 34.6 Å². The van der Waals surface area contributed by atoms with E-state index in [1.54, 1.807) is 24.3 Å². The lowest BCUT2D eigenvalue weighted by atomic mass is 9.98. The average Bonchev–Trinajstić information content (AvgIpc) is 3.24. The number of amides is 1. The van der Waals surface area contributed by atoms with Crippen molar-refractivity contribution >= 4 is 21.9 Å². The largest absolute Gasteiger partial charge is 0.461 e. The first kappa shape index (κ1) is 29.6. The number of sulfone groups is 1. The minimum atomic E-state index is -3.02. The molecule has 0 bridgehead atoms. The van der Waals surface area contributed by atoms with Crippen molar-refractivity contribution in [2.75, 3.05) is 26.0 Å². The molecule has 0 heterocycles. The third kappa shape index (κ3) is 8.82. The molecule has 39 heavy (non-hydrogen) atoms. The summed E-state index contributed by atoms with van der Waals surface area (Å²) >= 11 is 0. The lowest BCUT2D eigenvalue weighted by Crippen LogP contribution is -2.27. The second kappa shape index (κ2) is 14.3. The van der Waals surface area contributed by atoms with Crippen LogP contribution in [0.5, 0.6) is 0 Å². The second-order valence-corrected chi connectivity index (χ2v) is 11.3. The predicted molar refractivity (Wildman–Crippen MR) is 152 cm³/mol. The molecular weight excluding hydrogens is 514 g/mol. The highest BCUT2D eigenvalue weighted by Crippen LogP contribution is 2.44. The van der Waals surface area contributed by atoms with Gasteiger partial charge in [0.05, 0.1) is 4.90 Å². The Balaban J connectivity index is 0.000000320. The van der Waals surface area contributed by atoms with Gasteiger partial charge in [0.25, 0.3) is 0 Å². The van der Waals surface area contributed by atoms with Crippen molar-refractivity contribution in [3.8, 4) is 11.1 Å². The molecule has 0 spiro atoms. The molecular formula is C31H35NO6S. The van der Waals surface area contributed by atoms with Crippen LogP contribution in [0.15, 0.2) is 90.3 Å². The van der Waals surface area contributed by atoms with E-state index in [9.17, 15) is 18.0 Å². The zero-order chi connectivity index (χ0) is 28.3. The Hall–Kier alpha value is -3.91. The molecule has 0 saturated heterocycles. The van der Waals surface area contributed by atoms with Crippen molar-refractivity contribution in [2.45, 2.75) is 37.0 Å². The van der Waals surface area contributed by atoms with Gasteiger partial charge in [-0.05, 0) is 54.2 Å². The van der Waals surface area contributed by atoms with Gasteiger partial charge >= 0.3 is 12.1 Å². The molecule has 3 aromatic rings. The highest BCUT2D eigenvalue weighted by Gasteiger charge is 2.28. The number of alkyl carbamates (subject to hydrolysis) is 1. The van der Waals surface area contributed by atoms with Crippen molar-refractivity contribution in [3.05, 3.63) is 102 Å². The van der Waals surface area contributed by atoms with Gasteiger partial charge in [0.15, 0.2) is 9.84 Å². The Morgan fingerprint density at radius 2 is 1.49 bits per heavy atom. The first-order chi connectivity index (χ1) is 18.7. The summed E-state index contributed by atoms with van der Waals surface area (Å²) in [4.78, 5) is 23.8. The van der Waals surface area contributed by atoms with Crippen molar-refractivity contribution < 1.29 is 27.5 Å². The van der Waals surface area contributed by atoms with Crippen molar-refractivity contribution in [2.24, 2.45) is 0 Å². The number of rotatable bonds is 10. The maximum atomic E-state index is 12.0. The number of carbonyl (C=O) groups is 2. The van der Waals surface area contributed by atoms with E-state index < -0.39 is 15.9 Å². The van der Waals surface area contributed by atoms with Crippen LogP contribution in [-0.2, 0) is 24.1 Å². The van der Waals surface area contributed by atoms with Crippen molar-refractivity contribution in [1.29, 1.82) is 0 Å². The van der Waals surface area contributed by atoms with Gasteiger partial charge in [-0.1, -0.05) is 78.9 Å². The topological polar surface area (TPSA) is 98.8 Å². The van der Waals surface area contributed by atoms with Crippen LogP contribution in [0.4, 0.5) is 4.79 Å². The molecule has 1 aliphatic rings. The Kier molecular flexibility index (Phi) is 10.9. The Morgan fingerprint density at radius 1 is 0.897 bits per heavy atom. The zero-order valence-electron chi connectivity index (χ0n) is 22.4. The third-order valence-electron chi connectivity index (χ3n) is 6.23. The number of fused-ring (bicyclic) bond motifs is 3. The molecule has 3 aromatic carbocycles.